The Morgan fingerprint density at radius 1 is 1.24 bits per heavy atom. The molecule has 1 saturated heterocycles. The van der Waals surface area contributed by atoms with Crippen LogP contribution in [0.15, 0.2) is 12.1 Å². The summed E-state index contributed by atoms with van der Waals surface area (Å²) in [6.45, 7) is 8.76. The Bertz CT molecular complexity index is 384. The molecule has 2 rings (SSSR count). The predicted octanol–water partition coefficient (Wildman–Crippen LogP) is 2.10. The van der Waals surface area contributed by atoms with E-state index in [0.29, 0.717) is 5.75 Å². The fourth-order valence-corrected chi connectivity index (χ4v) is 2.24. The lowest BCUT2D eigenvalue weighted by Gasteiger charge is -2.27. The molecule has 0 amide bonds. The number of nitrogens with zero attached hydrogens (tertiary/aromatic N) is 1. The van der Waals surface area contributed by atoms with Gasteiger partial charge in [0.1, 0.15) is 5.75 Å². The van der Waals surface area contributed by atoms with E-state index >= 15 is 0 Å². The van der Waals surface area contributed by atoms with E-state index in [2.05, 4.69) is 24.8 Å². The van der Waals surface area contributed by atoms with Crippen LogP contribution in [0.4, 0.5) is 0 Å². The maximum atomic E-state index is 9.79. The number of phenolic OH excluding ortho intramolecular Hbond substituents is 1. The minimum absolute atomic E-state index is 0.427. The molecule has 0 aliphatic carbocycles. The zero-order valence-electron chi connectivity index (χ0n) is 10.7. The fourth-order valence-electron chi connectivity index (χ4n) is 2.24. The molecule has 1 aromatic carbocycles. The number of benzene rings is 1. The summed E-state index contributed by atoms with van der Waals surface area (Å²) >= 11 is 0. The van der Waals surface area contributed by atoms with Crippen LogP contribution in [0.2, 0.25) is 0 Å². The first-order valence-corrected chi connectivity index (χ1v) is 6.32. The fraction of sp³-hybridized carbons (Fsp3) is 0.571. The van der Waals surface area contributed by atoms with Gasteiger partial charge in [0, 0.05) is 19.6 Å². The smallest absolute Gasteiger partial charge is 0.119 e. The number of aromatic hydroxyl groups is 1. The van der Waals surface area contributed by atoms with Gasteiger partial charge in [-0.1, -0.05) is 13.0 Å². The maximum absolute atomic E-state index is 9.79. The Labute approximate surface area is 103 Å². The van der Waals surface area contributed by atoms with Gasteiger partial charge in [0.15, 0.2) is 0 Å². The summed E-state index contributed by atoms with van der Waals surface area (Å²) in [6, 6.07) is 4.02. The molecule has 0 radical (unpaired) electrons. The molecule has 3 nitrogen and oxygen atoms in total. The van der Waals surface area contributed by atoms with Crippen molar-refractivity contribution in [1.29, 1.82) is 0 Å². The lowest BCUT2D eigenvalue weighted by molar-refractivity contribution is 0.0341. The van der Waals surface area contributed by atoms with E-state index < -0.39 is 0 Å². The minimum Gasteiger partial charge on any atom is -0.508 e. The standard InChI is InChI=1S/C14H21NO2/c1-3-12-9-13(11(2)8-14(12)16)10-15-4-6-17-7-5-15/h8-9,16H,3-7,10H2,1-2H3. The number of morpholine rings is 1. The van der Waals surface area contributed by atoms with Crippen LogP contribution in [0.25, 0.3) is 0 Å². The second-order valence-corrected chi connectivity index (χ2v) is 4.65. The van der Waals surface area contributed by atoms with Crippen LogP contribution in [0.5, 0.6) is 5.75 Å². The van der Waals surface area contributed by atoms with Crippen LogP contribution in [-0.2, 0) is 17.7 Å². The van der Waals surface area contributed by atoms with Gasteiger partial charge in [-0.2, -0.15) is 0 Å². The van der Waals surface area contributed by atoms with Gasteiger partial charge >= 0.3 is 0 Å². The van der Waals surface area contributed by atoms with Crippen molar-refractivity contribution in [3.8, 4) is 5.75 Å². The number of phenols is 1. The molecule has 0 spiro atoms. The summed E-state index contributed by atoms with van der Waals surface area (Å²) in [5.41, 5.74) is 3.53. The zero-order chi connectivity index (χ0) is 12.3. The molecule has 1 aliphatic rings. The lowest BCUT2D eigenvalue weighted by atomic mass is 10.0. The third kappa shape index (κ3) is 2.99. The molecule has 94 valence electrons. The normalized spacial score (nSPS) is 17.3. The number of hydrogen-bond donors (Lipinski definition) is 1. The molecular formula is C14H21NO2. The topological polar surface area (TPSA) is 32.7 Å². The molecule has 1 N–H and O–H groups in total. The third-order valence-corrected chi connectivity index (χ3v) is 3.42. The Morgan fingerprint density at radius 3 is 2.59 bits per heavy atom. The number of hydrogen-bond acceptors (Lipinski definition) is 3. The highest BCUT2D eigenvalue weighted by Gasteiger charge is 2.13. The zero-order valence-corrected chi connectivity index (χ0v) is 10.7. The lowest BCUT2D eigenvalue weighted by Crippen LogP contribution is -2.35. The molecule has 0 atom stereocenters. The highest BCUT2D eigenvalue weighted by molar-refractivity contribution is 5.41. The van der Waals surface area contributed by atoms with E-state index in [1.54, 1.807) is 0 Å². The van der Waals surface area contributed by atoms with Crippen LogP contribution >= 0.6 is 0 Å². The monoisotopic (exact) mass is 235 g/mol. The SMILES string of the molecule is CCc1cc(CN2CCOCC2)c(C)cc1O. The van der Waals surface area contributed by atoms with Crippen molar-refractivity contribution in [2.45, 2.75) is 26.8 Å². The van der Waals surface area contributed by atoms with Gasteiger partial charge in [-0.15, -0.1) is 0 Å². The van der Waals surface area contributed by atoms with Gasteiger partial charge in [0.05, 0.1) is 13.2 Å². The van der Waals surface area contributed by atoms with Gasteiger partial charge in [-0.25, -0.2) is 0 Å². The third-order valence-electron chi connectivity index (χ3n) is 3.42. The average Bonchev–Trinajstić information content (AvgIpc) is 2.34. The maximum Gasteiger partial charge on any atom is 0.119 e. The molecule has 17 heavy (non-hydrogen) atoms. The van der Waals surface area contributed by atoms with E-state index in [-0.39, 0.29) is 0 Å². The molecule has 0 aromatic heterocycles. The van der Waals surface area contributed by atoms with Crippen molar-refractivity contribution in [2.75, 3.05) is 26.3 Å². The predicted molar refractivity (Wildman–Crippen MR) is 68.3 cm³/mol. The van der Waals surface area contributed by atoms with Crippen molar-refractivity contribution in [2.24, 2.45) is 0 Å². The number of ether oxygens (including phenoxy) is 1. The molecule has 1 heterocycles. The van der Waals surface area contributed by atoms with Crippen molar-refractivity contribution < 1.29 is 9.84 Å². The Hall–Kier alpha value is -1.06. The summed E-state index contributed by atoms with van der Waals surface area (Å²) in [5.74, 6) is 0.427. The largest absolute Gasteiger partial charge is 0.508 e. The van der Waals surface area contributed by atoms with Gasteiger partial charge < -0.3 is 9.84 Å². The van der Waals surface area contributed by atoms with Crippen LogP contribution < -0.4 is 0 Å². The summed E-state index contributed by atoms with van der Waals surface area (Å²) in [4.78, 5) is 2.41. The Kier molecular flexibility index (Phi) is 4.02. The molecule has 3 heteroatoms. The highest BCUT2D eigenvalue weighted by Crippen LogP contribution is 2.23. The molecule has 0 unspecified atom stereocenters. The van der Waals surface area contributed by atoms with Gasteiger partial charge in [-0.3, -0.25) is 4.90 Å². The number of rotatable bonds is 3. The molecule has 1 aromatic rings. The molecule has 0 saturated carbocycles. The second-order valence-electron chi connectivity index (χ2n) is 4.65. The van der Waals surface area contributed by atoms with Crippen LogP contribution in [0, 0.1) is 6.92 Å². The van der Waals surface area contributed by atoms with Crippen LogP contribution in [-0.4, -0.2) is 36.3 Å². The van der Waals surface area contributed by atoms with Crippen molar-refractivity contribution in [1.82, 2.24) is 4.90 Å². The second kappa shape index (κ2) is 5.52. The van der Waals surface area contributed by atoms with Crippen LogP contribution in [0.3, 0.4) is 0 Å². The number of aryl methyl sites for hydroxylation is 2. The first-order chi connectivity index (χ1) is 8.20. The summed E-state index contributed by atoms with van der Waals surface area (Å²) in [5, 5.41) is 9.79. The van der Waals surface area contributed by atoms with E-state index in [1.165, 1.54) is 11.1 Å². The Morgan fingerprint density at radius 2 is 1.94 bits per heavy atom. The summed E-state index contributed by atoms with van der Waals surface area (Å²) in [7, 11) is 0. The van der Waals surface area contributed by atoms with E-state index in [4.69, 9.17) is 4.74 Å². The van der Waals surface area contributed by atoms with Crippen LogP contribution in [0.1, 0.15) is 23.6 Å². The molecular weight excluding hydrogens is 214 g/mol. The minimum atomic E-state index is 0.427. The van der Waals surface area contributed by atoms with E-state index in [9.17, 15) is 5.11 Å². The summed E-state index contributed by atoms with van der Waals surface area (Å²) < 4.78 is 5.35. The first kappa shape index (κ1) is 12.4. The average molecular weight is 235 g/mol. The van der Waals surface area contributed by atoms with Crippen molar-refractivity contribution >= 4 is 0 Å². The molecule has 0 bridgehead atoms. The van der Waals surface area contributed by atoms with Crippen molar-refractivity contribution in [3.05, 3.63) is 28.8 Å². The van der Waals surface area contributed by atoms with Gasteiger partial charge in [0.25, 0.3) is 0 Å². The van der Waals surface area contributed by atoms with E-state index in [1.807, 2.05) is 6.07 Å². The van der Waals surface area contributed by atoms with Crippen molar-refractivity contribution in [3.63, 3.8) is 0 Å². The Balaban J connectivity index is 2.13. The first-order valence-electron chi connectivity index (χ1n) is 6.32. The highest BCUT2D eigenvalue weighted by atomic mass is 16.5. The van der Waals surface area contributed by atoms with E-state index in [0.717, 1.165) is 44.8 Å². The van der Waals surface area contributed by atoms with Gasteiger partial charge in [-0.05, 0) is 36.1 Å². The molecule has 1 fully saturated rings. The molecule has 1 aliphatic heterocycles. The summed E-state index contributed by atoms with van der Waals surface area (Å²) in [6.07, 6.45) is 0.877. The quantitative estimate of drug-likeness (QED) is 0.871. The van der Waals surface area contributed by atoms with Gasteiger partial charge in [0.2, 0.25) is 0 Å².